The second kappa shape index (κ2) is 8.91. The number of aryl methyl sites for hydroxylation is 1. The second-order valence-corrected chi connectivity index (χ2v) is 8.19. The molecule has 1 aromatic heterocycles. The molecule has 2 aliphatic heterocycles. The fourth-order valence-corrected chi connectivity index (χ4v) is 4.16. The van der Waals surface area contributed by atoms with E-state index in [-0.39, 0.29) is 5.91 Å². The van der Waals surface area contributed by atoms with Crippen LogP contribution in [0.5, 0.6) is 5.75 Å². The minimum Gasteiger partial charge on any atom is -0.494 e. The van der Waals surface area contributed by atoms with E-state index in [4.69, 9.17) is 9.72 Å². The van der Waals surface area contributed by atoms with Gasteiger partial charge in [0.25, 0.3) is 0 Å². The molecule has 0 bridgehead atoms. The summed E-state index contributed by atoms with van der Waals surface area (Å²) in [5.74, 6) is 2.45. The summed E-state index contributed by atoms with van der Waals surface area (Å²) in [7, 11) is 0. The Kier molecular flexibility index (Phi) is 6.09. The zero-order chi connectivity index (χ0) is 20.2. The van der Waals surface area contributed by atoms with E-state index in [1.807, 2.05) is 23.2 Å². The van der Waals surface area contributed by atoms with Crippen molar-refractivity contribution in [3.05, 3.63) is 53.1 Å². The van der Waals surface area contributed by atoms with Gasteiger partial charge in [0.1, 0.15) is 11.6 Å². The van der Waals surface area contributed by atoms with E-state index in [1.54, 1.807) is 6.92 Å². The number of carbonyl (C=O) groups excluding carboxylic acids is 1. The van der Waals surface area contributed by atoms with Gasteiger partial charge in [-0.1, -0.05) is 17.7 Å². The predicted octanol–water partition coefficient (Wildman–Crippen LogP) is 2.95. The number of carbonyl (C=O) groups is 1. The number of aromatic nitrogens is 2. The summed E-state index contributed by atoms with van der Waals surface area (Å²) < 4.78 is 5.84. The largest absolute Gasteiger partial charge is 0.494 e. The van der Waals surface area contributed by atoms with Crippen LogP contribution in [0.1, 0.15) is 48.3 Å². The van der Waals surface area contributed by atoms with Crippen molar-refractivity contribution in [2.75, 3.05) is 32.8 Å². The van der Waals surface area contributed by atoms with Gasteiger partial charge >= 0.3 is 0 Å². The van der Waals surface area contributed by atoms with Crippen LogP contribution in [0, 0.1) is 6.92 Å². The van der Waals surface area contributed by atoms with Crippen molar-refractivity contribution in [1.29, 1.82) is 0 Å². The monoisotopic (exact) mass is 394 g/mol. The van der Waals surface area contributed by atoms with Crippen LogP contribution in [0.3, 0.4) is 0 Å². The van der Waals surface area contributed by atoms with Gasteiger partial charge in [-0.25, -0.2) is 9.97 Å². The summed E-state index contributed by atoms with van der Waals surface area (Å²) in [6, 6.07) is 8.22. The van der Waals surface area contributed by atoms with Gasteiger partial charge < -0.3 is 14.5 Å². The highest BCUT2D eigenvalue weighted by Gasteiger charge is 2.27. The highest BCUT2D eigenvalue weighted by Crippen LogP contribution is 2.26. The number of nitrogens with zero attached hydrogens (tertiary/aromatic N) is 4. The first-order valence-corrected chi connectivity index (χ1v) is 10.6. The Morgan fingerprint density at radius 2 is 2.07 bits per heavy atom. The summed E-state index contributed by atoms with van der Waals surface area (Å²) in [6.07, 6.45) is 4.89. The van der Waals surface area contributed by atoms with Crippen LogP contribution < -0.4 is 4.74 Å². The summed E-state index contributed by atoms with van der Waals surface area (Å²) in [4.78, 5) is 25.5. The summed E-state index contributed by atoms with van der Waals surface area (Å²) in [5, 5.41) is 0. The third-order valence-electron chi connectivity index (χ3n) is 5.94. The van der Waals surface area contributed by atoms with E-state index >= 15 is 0 Å². The van der Waals surface area contributed by atoms with Crippen molar-refractivity contribution >= 4 is 5.91 Å². The number of likely N-dealkylation sites (tertiary alicyclic amines) is 1. The molecule has 4 rings (SSSR count). The zero-order valence-corrected chi connectivity index (χ0v) is 17.4. The number of hydrogen-bond donors (Lipinski definition) is 0. The van der Waals surface area contributed by atoms with Crippen LogP contribution in [-0.4, -0.2) is 58.5 Å². The van der Waals surface area contributed by atoms with E-state index in [1.165, 1.54) is 5.56 Å². The lowest BCUT2D eigenvalue weighted by Gasteiger charge is -2.27. The molecule has 154 valence electrons. The molecule has 3 heterocycles. The molecule has 1 atom stereocenters. The molecule has 0 saturated carbocycles. The van der Waals surface area contributed by atoms with Crippen LogP contribution >= 0.6 is 0 Å². The number of amides is 1. The van der Waals surface area contributed by atoms with Gasteiger partial charge in [-0.2, -0.15) is 0 Å². The Hall–Kier alpha value is -2.47. The summed E-state index contributed by atoms with van der Waals surface area (Å²) >= 11 is 0. The number of rotatable bonds is 6. The molecule has 1 amide bonds. The number of fused-ring (bicyclic) bond motifs is 1. The molecule has 0 radical (unpaired) electrons. The first kappa shape index (κ1) is 19.8. The molecule has 0 unspecified atom stereocenters. The van der Waals surface area contributed by atoms with Crippen molar-refractivity contribution in [2.24, 2.45) is 0 Å². The highest BCUT2D eigenvalue weighted by atomic mass is 16.5. The quantitative estimate of drug-likeness (QED) is 0.705. The van der Waals surface area contributed by atoms with Gasteiger partial charge in [0.05, 0.1) is 12.3 Å². The molecular formula is C23H30N4O2. The third kappa shape index (κ3) is 4.93. The molecule has 2 aliphatic rings. The van der Waals surface area contributed by atoms with Gasteiger partial charge in [-0.05, 0) is 38.4 Å². The molecule has 2 aromatic rings. The highest BCUT2D eigenvalue weighted by molar-refractivity contribution is 5.73. The Balaban J connectivity index is 1.24. The topological polar surface area (TPSA) is 58.6 Å². The number of benzene rings is 1. The average Bonchev–Trinajstić information content (AvgIpc) is 3.20. The maximum Gasteiger partial charge on any atom is 0.219 e. The lowest BCUT2D eigenvalue weighted by Crippen LogP contribution is -2.35. The average molecular weight is 395 g/mol. The van der Waals surface area contributed by atoms with Crippen LogP contribution in [0.25, 0.3) is 0 Å². The first-order valence-electron chi connectivity index (χ1n) is 10.6. The summed E-state index contributed by atoms with van der Waals surface area (Å²) in [5.41, 5.74) is 3.47. The predicted molar refractivity (Wildman–Crippen MR) is 112 cm³/mol. The van der Waals surface area contributed by atoms with Gasteiger partial charge in [-0.15, -0.1) is 0 Å². The van der Waals surface area contributed by atoms with Crippen LogP contribution in [0.15, 0.2) is 30.5 Å². The fourth-order valence-electron chi connectivity index (χ4n) is 4.16. The Labute approximate surface area is 172 Å². The lowest BCUT2D eigenvalue weighted by molar-refractivity contribution is -0.129. The van der Waals surface area contributed by atoms with E-state index in [0.717, 1.165) is 74.9 Å². The molecule has 6 heteroatoms. The van der Waals surface area contributed by atoms with Crippen molar-refractivity contribution in [1.82, 2.24) is 19.8 Å². The minimum atomic E-state index is 0.123. The SMILES string of the molecule is CC(=O)N1CCc2nc([C@H]3CCN(CCCOc4ccc(C)cc4)C3)ncc2C1. The molecule has 0 aliphatic carbocycles. The molecule has 6 nitrogen and oxygen atoms in total. The van der Waals surface area contributed by atoms with Crippen LogP contribution in [0.4, 0.5) is 0 Å². The minimum absolute atomic E-state index is 0.123. The lowest BCUT2D eigenvalue weighted by atomic mass is 10.0. The van der Waals surface area contributed by atoms with E-state index in [9.17, 15) is 4.79 Å². The standard InChI is InChI=1S/C23H30N4O2/c1-17-4-6-21(7-5-17)29-13-3-10-26-11-8-19(15-26)23-24-14-20-16-27(18(2)28)12-9-22(20)25-23/h4-7,14,19H,3,8-13,15-16H2,1-2H3/t19-/m0/s1. The normalized spacial score (nSPS) is 19.2. The zero-order valence-electron chi connectivity index (χ0n) is 17.4. The number of hydrogen-bond acceptors (Lipinski definition) is 5. The van der Waals surface area contributed by atoms with Gasteiger partial charge in [0, 0.05) is 57.2 Å². The summed E-state index contributed by atoms with van der Waals surface area (Å²) in [6.45, 7) is 9.00. The van der Waals surface area contributed by atoms with E-state index < -0.39 is 0 Å². The van der Waals surface area contributed by atoms with Gasteiger partial charge in [0.2, 0.25) is 5.91 Å². The fraction of sp³-hybridized carbons (Fsp3) is 0.522. The molecule has 29 heavy (non-hydrogen) atoms. The van der Waals surface area contributed by atoms with Gasteiger partial charge in [0.15, 0.2) is 0 Å². The molecular weight excluding hydrogens is 364 g/mol. The first-order chi connectivity index (χ1) is 14.1. The smallest absolute Gasteiger partial charge is 0.219 e. The Bertz CT molecular complexity index is 852. The van der Waals surface area contributed by atoms with Crippen LogP contribution in [0.2, 0.25) is 0 Å². The van der Waals surface area contributed by atoms with Crippen molar-refractivity contribution in [3.63, 3.8) is 0 Å². The van der Waals surface area contributed by atoms with Crippen molar-refractivity contribution in [3.8, 4) is 5.75 Å². The molecule has 1 aromatic carbocycles. The number of ether oxygens (including phenoxy) is 1. The molecule has 0 spiro atoms. The van der Waals surface area contributed by atoms with E-state index in [0.29, 0.717) is 12.5 Å². The van der Waals surface area contributed by atoms with Crippen molar-refractivity contribution < 1.29 is 9.53 Å². The maximum atomic E-state index is 11.6. The van der Waals surface area contributed by atoms with Crippen molar-refractivity contribution in [2.45, 2.75) is 45.6 Å². The molecule has 0 N–H and O–H groups in total. The third-order valence-corrected chi connectivity index (χ3v) is 5.94. The van der Waals surface area contributed by atoms with Crippen LogP contribution in [-0.2, 0) is 17.8 Å². The molecule has 1 fully saturated rings. The van der Waals surface area contributed by atoms with E-state index in [2.05, 4.69) is 28.9 Å². The Morgan fingerprint density at radius 3 is 2.86 bits per heavy atom. The molecule has 1 saturated heterocycles. The Morgan fingerprint density at radius 1 is 1.24 bits per heavy atom. The van der Waals surface area contributed by atoms with Gasteiger partial charge in [-0.3, -0.25) is 4.79 Å². The second-order valence-electron chi connectivity index (χ2n) is 8.19. The maximum absolute atomic E-state index is 11.6.